The molecule has 0 aliphatic heterocycles. The smallest absolute Gasteiger partial charge is 0.326 e. The van der Waals surface area contributed by atoms with Crippen molar-refractivity contribution in [3.8, 4) is 10.6 Å². The first-order chi connectivity index (χ1) is 15.8. The summed E-state index contributed by atoms with van der Waals surface area (Å²) >= 11 is 7.17. The van der Waals surface area contributed by atoms with Crippen molar-refractivity contribution in [2.75, 3.05) is 0 Å². The third-order valence-corrected chi connectivity index (χ3v) is 6.62. The average Bonchev–Trinajstić information content (AvgIpc) is 3.34. The molecular formula is C26H28N2O3S2. The van der Waals surface area contributed by atoms with Crippen LogP contribution >= 0.6 is 23.6 Å². The summed E-state index contributed by atoms with van der Waals surface area (Å²) in [7, 11) is 0. The Bertz CT molecular complexity index is 1060. The van der Waals surface area contributed by atoms with E-state index in [1.807, 2.05) is 47.8 Å². The molecule has 7 heteroatoms. The standard InChI is InChI=1S/C26H28N2O3S2/c1-17(2)14-21(16-23(29)19-6-4-3-5-7-19)24(32)28-22(26(30)31)15-18-8-10-20(11-9-18)25-27-12-13-33-25/h3-13,17,21-22H,14-16H2,1-2H3,(H,28,32)(H,30,31)/t21?,22-/m0/s1. The number of hydrogen-bond donors (Lipinski definition) is 2. The first-order valence-electron chi connectivity index (χ1n) is 10.9. The van der Waals surface area contributed by atoms with Gasteiger partial charge in [-0.25, -0.2) is 9.78 Å². The number of carbonyl (C=O) groups excluding carboxylic acids is 1. The largest absolute Gasteiger partial charge is 0.480 e. The van der Waals surface area contributed by atoms with Crippen LogP contribution in [-0.2, 0) is 11.2 Å². The van der Waals surface area contributed by atoms with Crippen molar-refractivity contribution in [2.24, 2.45) is 11.8 Å². The first kappa shape index (κ1) is 24.7. The number of carboxylic acids is 1. The van der Waals surface area contributed by atoms with E-state index in [9.17, 15) is 14.7 Å². The van der Waals surface area contributed by atoms with Gasteiger partial charge in [0.15, 0.2) is 5.78 Å². The topological polar surface area (TPSA) is 79.3 Å². The van der Waals surface area contributed by atoms with Gasteiger partial charge in [-0.15, -0.1) is 11.3 Å². The Morgan fingerprint density at radius 1 is 1.09 bits per heavy atom. The average molecular weight is 481 g/mol. The van der Waals surface area contributed by atoms with Crippen LogP contribution in [0.5, 0.6) is 0 Å². The quantitative estimate of drug-likeness (QED) is 0.272. The van der Waals surface area contributed by atoms with Gasteiger partial charge < -0.3 is 10.4 Å². The number of Topliss-reactive ketones (excluding diaryl/α,β-unsaturated/α-hetero) is 1. The van der Waals surface area contributed by atoms with Crippen LogP contribution in [0.25, 0.3) is 10.6 Å². The van der Waals surface area contributed by atoms with Crippen molar-refractivity contribution < 1.29 is 14.7 Å². The molecule has 0 spiro atoms. The molecule has 3 rings (SSSR count). The highest BCUT2D eigenvalue weighted by molar-refractivity contribution is 7.80. The number of thiocarbonyl (C=S) groups is 1. The van der Waals surface area contributed by atoms with Crippen LogP contribution < -0.4 is 5.32 Å². The van der Waals surface area contributed by atoms with Crippen molar-refractivity contribution in [3.63, 3.8) is 0 Å². The lowest BCUT2D eigenvalue weighted by Gasteiger charge is -2.24. The van der Waals surface area contributed by atoms with E-state index in [1.165, 1.54) is 0 Å². The van der Waals surface area contributed by atoms with Crippen LogP contribution in [0.1, 0.15) is 42.6 Å². The minimum atomic E-state index is -0.973. The molecule has 2 atom stereocenters. The number of rotatable bonds is 11. The highest BCUT2D eigenvalue weighted by Gasteiger charge is 2.25. The van der Waals surface area contributed by atoms with E-state index >= 15 is 0 Å². The maximum Gasteiger partial charge on any atom is 0.326 e. The zero-order valence-corrected chi connectivity index (χ0v) is 20.4. The summed E-state index contributed by atoms with van der Waals surface area (Å²) in [6.45, 7) is 4.14. The van der Waals surface area contributed by atoms with Gasteiger partial charge in [0.05, 0.1) is 4.99 Å². The molecule has 0 fully saturated rings. The van der Waals surface area contributed by atoms with Crippen molar-refractivity contribution in [1.29, 1.82) is 0 Å². The molecule has 172 valence electrons. The molecule has 1 heterocycles. The van der Waals surface area contributed by atoms with Crippen LogP contribution in [0.4, 0.5) is 0 Å². The summed E-state index contributed by atoms with van der Waals surface area (Å²) in [6, 6.07) is 16.0. The molecule has 3 aromatic rings. The van der Waals surface area contributed by atoms with E-state index < -0.39 is 12.0 Å². The second kappa shape index (κ2) is 11.8. The third-order valence-electron chi connectivity index (χ3n) is 5.34. The molecule has 0 saturated carbocycles. The van der Waals surface area contributed by atoms with E-state index in [-0.39, 0.29) is 24.5 Å². The lowest BCUT2D eigenvalue weighted by atomic mass is 9.90. The Labute approximate surface area is 203 Å². The SMILES string of the molecule is CC(C)CC(CC(=O)c1ccccc1)C(=S)N[C@@H](Cc1ccc(-c2nccs2)cc1)C(=O)O. The Kier molecular flexibility index (Phi) is 8.86. The monoisotopic (exact) mass is 480 g/mol. The number of ketones is 1. The molecule has 33 heavy (non-hydrogen) atoms. The zero-order chi connectivity index (χ0) is 23.8. The molecule has 2 N–H and O–H groups in total. The number of hydrogen-bond acceptors (Lipinski definition) is 5. The predicted octanol–water partition coefficient (Wildman–Crippen LogP) is 5.66. The fourth-order valence-electron chi connectivity index (χ4n) is 3.69. The normalized spacial score (nSPS) is 12.8. The number of carboxylic acid groups (broad SMARTS) is 1. The van der Waals surface area contributed by atoms with Gasteiger partial charge in [0.1, 0.15) is 11.0 Å². The fraction of sp³-hybridized carbons (Fsp3) is 0.308. The predicted molar refractivity (Wildman–Crippen MR) is 137 cm³/mol. The first-order valence-corrected chi connectivity index (χ1v) is 12.2. The lowest BCUT2D eigenvalue weighted by Crippen LogP contribution is -2.44. The number of thiazole rings is 1. The van der Waals surface area contributed by atoms with Crippen LogP contribution in [-0.4, -0.2) is 32.9 Å². The molecule has 0 aliphatic carbocycles. The second-order valence-corrected chi connectivity index (χ2v) is 9.79. The zero-order valence-electron chi connectivity index (χ0n) is 18.7. The van der Waals surface area contributed by atoms with Crippen molar-refractivity contribution >= 4 is 40.3 Å². The number of aliphatic carboxylic acids is 1. The molecule has 1 aromatic heterocycles. The molecule has 5 nitrogen and oxygen atoms in total. The van der Waals surface area contributed by atoms with E-state index in [2.05, 4.69) is 24.1 Å². The maximum atomic E-state index is 12.8. The number of nitrogens with one attached hydrogen (secondary N) is 1. The van der Waals surface area contributed by atoms with Gasteiger partial charge >= 0.3 is 5.97 Å². The molecule has 0 saturated heterocycles. The van der Waals surface area contributed by atoms with Gasteiger partial charge in [-0.3, -0.25) is 4.79 Å². The van der Waals surface area contributed by atoms with Crippen LogP contribution in [0.2, 0.25) is 0 Å². The molecule has 2 aromatic carbocycles. The van der Waals surface area contributed by atoms with Gasteiger partial charge in [-0.1, -0.05) is 80.7 Å². The summed E-state index contributed by atoms with van der Waals surface area (Å²) < 4.78 is 0. The maximum absolute atomic E-state index is 12.8. The Balaban J connectivity index is 1.68. The van der Waals surface area contributed by atoms with Gasteiger partial charge in [0.2, 0.25) is 0 Å². The van der Waals surface area contributed by atoms with E-state index in [1.54, 1.807) is 29.7 Å². The number of nitrogens with zero attached hydrogens (tertiary/aromatic N) is 1. The molecule has 0 radical (unpaired) electrons. The van der Waals surface area contributed by atoms with Gasteiger partial charge in [-0.2, -0.15) is 0 Å². The number of benzene rings is 2. The minimum absolute atomic E-state index is 0.00931. The van der Waals surface area contributed by atoms with Crippen molar-refractivity contribution in [3.05, 3.63) is 77.3 Å². The van der Waals surface area contributed by atoms with E-state index in [0.29, 0.717) is 22.9 Å². The minimum Gasteiger partial charge on any atom is -0.480 e. The summed E-state index contributed by atoms with van der Waals surface area (Å²) in [5, 5.41) is 15.7. The Morgan fingerprint density at radius 2 is 1.79 bits per heavy atom. The van der Waals surface area contributed by atoms with Crippen LogP contribution in [0.3, 0.4) is 0 Å². The summed E-state index contributed by atoms with van der Waals surface area (Å²) in [6.07, 6.45) is 3.01. The van der Waals surface area contributed by atoms with Gasteiger partial charge in [0, 0.05) is 41.5 Å². The van der Waals surface area contributed by atoms with Gasteiger partial charge in [-0.05, 0) is 17.9 Å². The van der Waals surface area contributed by atoms with Gasteiger partial charge in [0.25, 0.3) is 0 Å². The number of carbonyl (C=O) groups is 2. The number of aromatic nitrogens is 1. The third kappa shape index (κ3) is 7.30. The highest BCUT2D eigenvalue weighted by atomic mass is 32.1. The summed E-state index contributed by atoms with van der Waals surface area (Å²) in [5.41, 5.74) is 2.53. The molecule has 0 aliphatic rings. The van der Waals surface area contributed by atoms with Crippen molar-refractivity contribution in [2.45, 2.75) is 39.2 Å². The second-order valence-electron chi connectivity index (χ2n) is 8.46. The lowest BCUT2D eigenvalue weighted by molar-refractivity contribution is -0.139. The fourth-order valence-corrected chi connectivity index (χ4v) is 4.66. The van der Waals surface area contributed by atoms with Crippen molar-refractivity contribution in [1.82, 2.24) is 10.3 Å². The van der Waals surface area contributed by atoms with E-state index in [0.717, 1.165) is 16.1 Å². The molecule has 0 bridgehead atoms. The van der Waals surface area contributed by atoms with Crippen LogP contribution in [0, 0.1) is 11.8 Å². The van der Waals surface area contributed by atoms with Crippen LogP contribution in [0.15, 0.2) is 66.2 Å². The summed E-state index contributed by atoms with van der Waals surface area (Å²) in [4.78, 5) is 29.5. The van der Waals surface area contributed by atoms with E-state index in [4.69, 9.17) is 12.2 Å². The highest BCUT2D eigenvalue weighted by Crippen LogP contribution is 2.23. The summed E-state index contributed by atoms with van der Waals surface area (Å²) in [5.74, 6) is -0.865. The molecular weight excluding hydrogens is 452 g/mol. The molecule has 0 amide bonds. The Hall–Kier alpha value is -2.90. The Morgan fingerprint density at radius 3 is 2.36 bits per heavy atom. The molecule has 1 unspecified atom stereocenters.